The molecule has 0 radical (unpaired) electrons. The van der Waals surface area contributed by atoms with Gasteiger partial charge in [-0.3, -0.25) is 4.79 Å². The van der Waals surface area contributed by atoms with E-state index < -0.39 is 15.8 Å². The van der Waals surface area contributed by atoms with Gasteiger partial charge in [-0.15, -0.1) is 0 Å². The molecule has 0 saturated heterocycles. The van der Waals surface area contributed by atoms with Gasteiger partial charge in [-0.2, -0.15) is 0 Å². The summed E-state index contributed by atoms with van der Waals surface area (Å²) in [5, 5.41) is 2.81. The minimum Gasteiger partial charge on any atom is -0.494 e. The Morgan fingerprint density at radius 2 is 1.64 bits per heavy atom. The molecule has 2 rings (SSSR count). The highest BCUT2D eigenvalue weighted by molar-refractivity contribution is 7.90. The van der Waals surface area contributed by atoms with E-state index in [2.05, 4.69) is 10.1 Å². The number of esters is 1. The third kappa shape index (κ3) is 6.70. The number of amides is 1. The van der Waals surface area contributed by atoms with Gasteiger partial charge in [0.05, 0.1) is 24.2 Å². The summed E-state index contributed by atoms with van der Waals surface area (Å²) in [6.07, 6.45) is 1.98. The van der Waals surface area contributed by atoms with Crippen LogP contribution in [0.3, 0.4) is 0 Å². The Kier molecular flexibility index (Phi) is 7.57. The molecule has 2 aromatic carbocycles. The molecule has 0 aliphatic heterocycles. The molecule has 0 aliphatic carbocycles. The zero-order valence-corrected chi connectivity index (χ0v) is 16.6. The zero-order chi connectivity index (χ0) is 20.6. The average Bonchev–Trinajstić information content (AvgIpc) is 2.69. The first-order chi connectivity index (χ1) is 13.3. The van der Waals surface area contributed by atoms with Crippen molar-refractivity contribution in [2.45, 2.75) is 24.3 Å². The largest absolute Gasteiger partial charge is 0.494 e. The number of benzene rings is 2. The van der Waals surface area contributed by atoms with Crippen molar-refractivity contribution in [2.24, 2.45) is 0 Å². The van der Waals surface area contributed by atoms with Crippen LogP contribution in [0.4, 0.5) is 0 Å². The summed E-state index contributed by atoms with van der Waals surface area (Å²) in [7, 11) is -1.90. The number of carbonyl (C=O) groups is 2. The van der Waals surface area contributed by atoms with Crippen molar-refractivity contribution < 1.29 is 27.5 Å². The van der Waals surface area contributed by atoms with Crippen molar-refractivity contribution in [1.82, 2.24) is 5.32 Å². The van der Waals surface area contributed by atoms with Crippen LogP contribution < -0.4 is 10.1 Å². The molecule has 0 saturated carbocycles. The second-order valence-corrected chi connectivity index (χ2v) is 8.18. The highest BCUT2D eigenvalue weighted by atomic mass is 32.2. The first-order valence-electron chi connectivity index (χ1n) is 8.66. The maximum absolute atomic E-state index is 11.9. The van der Waals surface area contributed by atoms with Crippen LogP contribution in [0.1, 0.15) is 28.8 Å². The van der Waals surface area contributed by atoms with E-state index in [0.29, 0.717) is 37.3 Å². The van der Waals surface area contributed by atoms with Crippen LogP contribution in [0.2, 0.25) is 0 Å². The minimum atomic E-state index is -3.22. The average molecular weight is 405 g/mol. The maximum Gasteiger partial charge on any atom is 0.337 e. The lowest BCUT2D eigenvalue weighted by atomic mass is 10.1. The fourth-order valence-corrected chi connectivity index (χ4v) is 3.00. The first kappa shape index (κ1) is 21.4. The number of methoxy groups -OCH3 is 1. The topological polar surface area (TPSA) is 98.8 Å². The normalized spacial score (nSPS) is 10.9. The Labute approximate surface area is 164 Å². The van der Waals surface area contributed by atoms with Crippen LogP contribution in [-0.2, 0) is 25.9 Å². The molecule has 0 bridgehead atoms. The van der Waals surface area contributed by atoms with E-state index in [4.69, 9.17) is 4.74 Å². The molecule has 1 N–H and O–H groups in total. The molecule has 1 amide bonds. The Bertz CT molecular complexity index is 905. The van der Waals surface area contributed by atoms with Gasteiger partial charge in [0.25, 0.3) is 0 Å². The third-order valence-corrected chi connectivity index (χ3v) is 5.06. The van der Waals surface area contributed by atoms with E-state index in [-0.39, 0.29) is 10.8 Å². The van der Waals surface area contributed by atoms with Crippen molar-refractivity contribution in [2.75, 3.05) is 20.0 Å². The van der Waals surface area contributed by atoms with Gasteiger partial charge >= 0.3 is 5.97 Å². The van der Waals surface area contributed by atoms with E-state index >= 15 is 0 Å². The lowest BCUT2D eigenvalue weighted by Gasteiger charge is -2.08. The highest BCUT2D eigenvalue weighted by Crippen LogP contribution is 2.16. The van der Waals surface area contributed by atoms with E-state index in [1.165, 1.54) is 19.2 Å². The number of carbonyl (C=O) groups excluding carboxylic acids is 2. The van der Waals surface area contributed by atoms with Crippen LogP contribution in [0, 0.1) is 0 Å². The summed E-state index contributed by atoms with van der Waals surface area (Å²) < 4.78 is 32.9. The number of rotatable bonds is 9. The summed E-state index contributed by atoms with van der Waals surface area (Å²) in [5.41, 5.74) is 1.34. The molecule has 0 spiro atoms. The number of hydrogen-bond donors (Lipinski definition) is 1. The quantitative estimate of drug-likeness (QED) is 0.508. The van der Waals surface area contributed by atoms with Crippen molar-refractivity contribution in [3.8, 4) is 5.75 Å². The van der Waals surface area contributed by atoms with Gasteiger partial charge in [0, 0.05) is 19.2 Å². The number of nitrogens with one attached hydrogen (secondary N) is 1. The Morgan fingerprint density at radius 1 is 1.00 bits per heavy atom. The molecule has 0 heterocycles. The van der Waals surface area contributed by atoms with E-state index in [9.17, 15) is 18.0 Å². The molecule has 150 valence electrons. The van der Waals surface area contributed by atoms with Crippen molar-refractivity contribution in [3.05, 3.63) is 59.7 Å². The van der Waals surface area contributed by atoms with E-state index in [1.807, 2.05) is 0 Å². The van der Waals surface area contributed by atoms with Gasteiger partial charge in [0.2, 0.25) is 5.91 Å². The second-order valence-electron chi connectivity index (χ2n) is 6.16. The molecule has 8 heteroatoms. The summed E-state index contributed by atoms with van der Waals surface area (Å²) in [4.78, 5) is 23.5. The van der Waals surface area contributed by atoms with E-state index in [0.717, 1.165) is 11.8 Å². The van der Waals surface area contributed by atoms with Crippen LogP contribution in [-0.4, -0.2) is 40.3 Å². The van der Waals surface area contributed by atoms with Gasteiger partial charge < -0.3 is 14.8 Å². The van der Waals surface area contributed by atoms with Crippen LogP contribution in [0.15, 0.2) is 53.4 Å². The zero-order valence-electron chi connectivity index (χ0n) is 15.8. The first-order valence-corrected chi connectivity index (χ1v) is 10.6. The molecule has 0 fully saturated rings. The SMILES string of the molecule is COC(=O)c1ccc(CNC(=O)CCCOc2ccc(S(C)(=O)=O)cc2)cc1. The monoisotopic (exact) mass is 405 g/mol. The highest BCUT2D eigenvalue weighted by Gasteiger charge is 2.07. The Hall–Kier alpha value is -2.87. The van der Waals surface area contributed by atoms with Crippen LogP contribution in [0.5, 0.6) is 5.75 Å². The molecule has 28 heavy (non-hydrogen) atoms. The lowest BCUT2D eigenvalue weighted by molar-refractivity contribution is -0.121. The van der Waals surface area contributed by atoms with Gasteiger partial charge in [-0.05, 0) is 48.4 Å². The maximum atomic E-state index is 11.9. The van der Waals surface area contributed by atoms with Gasteiger partial charge in [0.15, 0.2) is 9.84 Å². The molecule has 0 aliphatic rings. The molecular formula is C20H23NO6S. The Balaban J connectivity index is 1.68. The number of hydrogen-bond acceptors (Lipinski definition) is 6. The Morgan fingerprint density at radius 3 is 2.21 bits per heavy atom. The third-order valence-electron chi connectivity index (χ3n) is 3.93. The number of sulfone groups is 1. The molecule has 0 unspecified atom stereocenters. The molecular weight excluding hydrogens is 382 g/mol. The minimum absolute atomic E-state index is 0.104. The molecule has 2 aromatic rings. The molecule has 7 nitrogen and oxygen atoms in total. The fourth-order valence-electron chi connectivity index (χ4n) is 2.37. The smallest absolute Gasteiger partial charge is 0.337 e. The van der Waals surface area contributed by atoms with Gasteiger partial charge in [-0.25, -0.2) is 13.2 Å². The summed E-state index contributed by atoms with van der Waals surface area (Å²) in [6, 6.07) is 13.0. The van der Waals surface area contributed by atoms with Crippen molar-refractivity contribution in [3.63, 3.8) is 0 Å². The standard InChI is InChI=1S/C20H23NO6S/c1-26-20(23)16-7-5-15(6-8-16)14-21-19(22)4-3-13-27-17-9-11-18(12-10-17)28(2,24)25/h5-12H,3-4,13-14H2,1-2H3,(H,21,22). The number of ether oxygens (including phenoxy) is 2. The van der Waals surface area contributed by atoms with Crippen LogP contribution in [0.25, 0.3) is 0 Å². The van der Waals surface area contributed by atoms with Crippen molar-refractivity contribution in [1.29, 1.82) is 0 Å². The predicted octanol–water partition coefficient (Wildman–Crippen LogP) is 2.35. The molecule has 0 atom stereocenters. The molecule has 0 aromatic heterocycles. The fraction of sp³-hybridized carbons (Fsp3) is 0.300. The predicted molar refractivity (Wildman–Crippen MR) is 104 cm³/mol. The van der Waals surface area contributed by atoms with Crippen molar-refractivity contribution >= 4 is 21.7 Å². The van der Waals surface area contributed by atoms with Gasteiger partial charge in [-0.1, -0.05) is 12.1 Å². The lowest BCUT2D eigenvalue weighted by Crippen LogP contribution is -2.23. The van der Waals surface area contributed by atoms with Crippen LogP contribution >= 0.6 is 0 Å². The second kappa shape index (κ2) is 9.89. The summed E-state index contributed by atoms with van der Waals surface area (Å²) in [6.45, 7) is 0.716. The van der Waals surface area contributed by atoms with E-state index in [1.54, 1.807) is 36.4 Å². The summed E-state index contributed by atoms with van der Waals surface area (Å²) >= 11 is 0. The van der Waals surface area contributed by atoms with Gasteiger partial charge in [0.1, 0.15) is 5.75 Å². The summed E-state index contributed by atoms with van der Waals surface area (Å²) in [5.74, 6) is 0.0492.